The van der Waals surface area contributed by atoms with Crippen LogP contribution in [0.1, 0.15) is 70.8 Å². The molecule has 0 spiro atoms. The molecule has 2 N–H and O–H groups in total. The lowest BCUT2D eigenvalue weighted by Gasteiger charge is -2.18. The number of benzene rings is 2. The molecule has 0 heterocycles. The van der Waals surface area contributed by atoms with Gasteiger partial charge in [-0.15, -0.1) is 0 Å². The Labute approximate surface area is 175 Å². The maximum Gasteiger partial charge on any atom is 0.130 e. The normalized spacial score (nSPS) is 13.4. The predicted octanol–water partition coefficient (Wildman–Crippen LogP) is 5.79. The van der Waals surface area contributed by atoms with Gasteiger partial charge in [0, 0.05) is 10.8 Å². The SMILES string of the molecule is CCCCCC(O)COc1cccc2c(OCC(O)CCCCC)c(C)ccc12. The molecule has 0 fully saturated rings. The fraction of sp³-hybridized carbons (Fsp3) is 0.600. The van der Waals surface area contributed by atoms with Crippen LogP contribution in [0.25, 0.3) is 10.8 Å². The average molecular weight is 403 g/mol. The molecule has 0 saturated carbocycles. The molecule has 2 atom stereocenters. The number of aryl methyl sites for hydroxylation is 1. The summed E-state index contributed by atoms with van der Waals surface area (Å²) in [5.41, 5.74) is 1.04. The molecule has 2 rings (SSSR count). The van der Waals surface area contributed by atoms with Gasteiger partial charge in [0.1, 0.15) is 24.7 Å². The number of hydrogen-bond donors (Lipinski definition) is 2. The third kappa shape index (κ3) is 7.52. The molecule has 0 amide bonds. The van der Waals surface area contributed by atoms with Gasteiger partial charge in [-0.2, -0.15) is 0 Å². The van der Waals surface area contributed by atoms with E-state index in [0.717, 1.165) is 79.2 Å². The van der Waals surface area contributed by atoms with Gasteiger partial charge in [-0.05, 0) is 31.4 Å². The zero-order valence-electron chi connectivity index (χ0n) is 18.3. The van der Waals surface area contributed by atoms with Crippen molar-refractivity contribution >= 4 is 10.8 Å². The maximum absolute atomic E-state index is 10.2. The number of aliphatic hydroxyl groups is 2. The zero-order chi connectivity index (χ0) is 21.1. The highest BCUT2D eigenvalue weighted by Crippen LogP contribution is 2.35. The Morgan fingerprint density at radius 3 is 2.00 bits per heavy atom. The molecule has 0 aliphatic heterocycles. The molecule has 29 heavy (non-hydrogen) atoms. The zero-order valence-corrected chi connectivity index (χ0v) is 18.3. The molecule has 2 aromatic rings. The van der Waals surface area contributed by atoms with Gasteiger partial charge in [0.15, 0.2) is 0 Å². The fourth-order valence-electron chi connectivity index (χ4n) is 3.52. The summed E-state index contributed by atoms with van der Waals surface area (Å²) in [5, 5.41) is 22.3. The summed E-state index contributed by atoms with van der Waals surface area (Å²) in [6, 6.07) is 9.95. The van der Waals surface area contributed by atoms with E-state index >= 15 is 0 Å². The van der Waals surface area contributed by atoms with Gasteiger partial charge in [0.25, 0.3) is 0 Å². The Morgan fingerprint density at radius 1 is 0.759 bits per heavy atom. The van der Waals surface area contributed by atoms with Crippen molar-refractivity contribution in [3.8, 4) is 11.5 Å². The number of rotatable bonds is 14. The van der Waals surface area contributed by atoms with Crippen LogP contribution in [-0.2, 0) is 0 Å². The summed E-state index contributed by atoms with van der Waals surface area (Å²) >= 11 is 0. The third-order valence-electron chi connectivity index (χ3n) is 5.30. The first-order valence-electron chi connectivity index (χ1n) is 11.2. The highest BCUT2D eigenvalue weighted by molar-refractivity contribution is 5.94. The van der Waals surface area contributed by atoms with Crippen LogP contribution in [0.15, 0.2) is 30.3 Å². The van der Waals surface area contributed by atoms with Crippen molar-refractivity contribution in [2.45, 2.75) is 84.3 Å². The summed E-state index contributed by atoms with van der Waals surface area (Å²) in [6.45, 7) is 6.92. The minimum Gasteiger partial charge on any atom is -0.490 e. The van der Waals surface area contributed by atoms with Crippen LogP contribution in [0.5, 0.6) is 11.5 Å². The lowest BCUT2D eigenvalue weighted by Crippen LogP contribution is -2.18. The van der Waals surface area contributed by atoms with E-state index in [9.17, 15) is 10.2 Å². The van der Waals surface area contributed by atoms with Gasteiger partial charge in [0.05, 0.1) is 12.2 Å². The largest absolute Gasteiger partial charge is 0.490 e. The number of aliphatic hydroxyl groups excluding tert-OH is 2. The number of ether oxygens (including phenoxy) is 2. The second-order valence-corrected chi connectivity index (χ2v) is 7.98. The van der Waals surface area contributed by atoms with E-state index in [1.807, 2.05) is 37.3 Å². The Morgan fingerprint density at radius 2 is 1.38 bits per heavy atom. The van der Waals surface area contributed by atoms with Crippen molar-refractivity contribution < 1.29 is 19.7 Å². The summed E-state index contributed by atoms with van der Waals surface area (Å²) in [5.74, 6) is 1.55. The van der Waals surface area contributed by atoms with Crippen molar-refractivity contribution in [3.05, 3.63) is 35.9 Å². The van der Waals surface area contributed by atoms with Crippen LogP contribution in [0.3, 0.4) is 0 Å². The molecule has 2 aromatic carbocycles. The maximum atomic E-state index is 10.2. The first-order valence-corrected chi connectivity index (χ1v) is 11.2. The van der Waals surface area contributed by atoms with Gasteiger partial charge >= 0.3 is 0 Å². The topological polar surface area (TPSA) is 58.9 Å². The monoisotopic (exact) mass is 402 g/mol. The summed E-state index contributed by atoms with van der Waals surface area (Å²) in [4.78, 5) is 0. The standard InChI is InChI=1S/C25H38O4/c1-4-6-8-11-20(26)17-28-24-14-10-13-23-22(24)16-15-19(3)25(23)29-18-21(27)12-9-7-5-2/h10,13-16,20-21,26-27H,4-9,11-12,17-18H2,1-3H3. The van der Waals surface area contributed by atoms with Crippen LogP contribution in [-0.4, -0.2) is 35.6 Å². The molecule has 0 aromatic heterocycles. The highest BCUT2D eigenvalue weighted by atomic mass is 16.5. The number of unbranched alkanes of at least 4 members (excludes halogenated alkanes) is 4. The van der Waals surface area contributed by atoms with E-state index < -0.39 is 12.2 Å². The van der Waals surface area contributed by atoms with Crippen LogP contribution in [0.4, 0.5) is 0 Å². The third-order valence-corrected chi connectivity index (χ3v) is 5.30. The van der Waals surface area contributed by atoms with Crippen molar-refractivity contribution in [2.24, 2.45) is 0 Å². The second kappa shape index (κ2) is 12.7. The van der Waals surface area contributed by atoms with E-state index in [4.69, 9.17) is 9.47 Å². The Balaban J connectivity index is 2.05. The highest BCUT2D eigenvalue weighted by Gasteiger charge is 2.13. The molecule has 0 saturated heterocycles. The molecule has 0 radical (unpaired) electrons. The van der Waals surface area contributed by atoms with Gasteiger partial charge in [-0.25, -0.2) is 0 Å². The molecular formula is C25H38O4. The molecule has 4 heteroatoms. The molecular weight excluding hydrogens is 364 g/mol. The van der Waals surface area contributed by atoms with E-state index in [1.54, 1.807) is 0 Å². The lowest BCUT2D eigenvalue weighted by molar-refractivity contribution is 0.0974. The lowest BCUT2D eigenvalue weighted by atomic mass is 10.0. The second-order valence-electron chi connectivity index (χ2n) is 7.98. The van der Waals surface area contributed by atoms with Crippen molar-refractivity contribution in [3.63, 3.8) is 0 Å². The summed E-state index contributed by atoms with van der Waals surface area (Å²) in [6.07, 6.45) is 7.24. The Hall–Kier alpha value is -1.78. The average Bonchev–Trinajstić information content (AvgIpc) is 2.71. The first kappa shape index (κ1) is 23.5. The van der Waals surface area contributed by atoms with Crippen LogP contribution in [0, 0.1) is 6.92 Å². The van der Waals surface area contributed by atoms with Crippen LogP contribution in [0.2, 0.25) is 0 Å². The quantitative estimate of drug-likeness (QED) is 0.393. The minimum absolute atomic E-state index is 0.295. The molecule has 0 aliphatic carbocycles. The van der Waals surface area contributed by atoms with Gasteiger partial charge < -0.3 is 19.7 Å². The predicted molar refractivity (Wildman–Crippen MR) is 120 cm³/mol. The fourth-order valence-corrected chi connectivity index (χ4v) is 3.52. The van der Waals surface area contributed by atoms with Crippen LogP contribution < -0.4 is 9.47 Å². The van der Waals surface area contributed by atoms with Crippen molar-refractivity contribution in [2.75, 3.05) is 13.2 Å². The van der Waals surface area contributed by atoms with Crippen molar-refractivity contribution in [1.29, 1.82) is 0 Å². The molecule has 4 nitrogen and oxygen atoms in total. The van der Waals surface area contributed by atoms with Crippen LogP contribution >= 0.6 is 0 Å². The Bertz CT molecular complexity index is 728. The molecule has 0 bridgehead atoms. The smallest absolute Gasteiger partial charge is 0.130 e. The van der Waals surface area contributed by atoms with E-state index in [2.05, 4.69) is 13.8 Å². The van der Waals surface area contributed by atoms with Gasteiger partial charge in [-0.1, -0.05) is 76.6 Å². The van der Waals surface area contributed by atoms with Gasteiger partial charge in [0.2, 0.25) is 0 Å². The molecule has 2 unspecified atom stereocenters. The number of hydrogen-bond acceptors (Lipinski definition) is 4. The molecule has 162 valence electrons. The number of fused-ring (bicyclic) bond motifs is 1. The van der Waals surface area contributed by atoms with E-state index in [1.165, 1.54) is 0 Å². The Kier molecular flexibility index (Phi) is 10.3. The first-order chi connectivity index (χ1) is 14.1. The van der Waals surface area contributed by atoms with Crippen molar-refractivity contribution in [1.82, 2.24) is 0 Å². The van der Waals surface area contributed by atoms with E-state index in [-0.39, 0.29) is 0 Å². The van der Waals surface area contributed by atoms with Gasteiger partial charge in [-0.3, -0.25) is 0 Å². The molecule has 0 aliphatic rings. The minimum atomic E-state index is -0.450. The summed E-state index contributed by atoms with van der Waals surface area (Å²) in [7, 11) is 0. The van der Waals surface area contributed by atoms with E-state index in [0.29, 0.717) is 13.2 Å². The summed E-state index contributed by atoms with van der Waals surface area (Å²) < 4.78 is 12.0.